The van der Waals surface area contributed by atoms with E-state index in [4.69, 9.17) is 27.1 Å². The minimum atomic E-state index is -0.620. The Labute approximate surface area is 237 Å². The van der Waals surface area contributed by atoms with E-state index in [2.05, 4.69) is 9.88 Å². The van der Waals surface area contributed by atoms with Crippen LogP contribution >= 0.6 is 11.6 Å². The van der Waals surface area contributed by atoms with Crippen LogP contribution in [-0.4, -0.2) is 66.2 Å². The Morgan fingerprint density at radius 2 is 2.02 bits per heavy atom. The summed E-state index contributed by atoms with van der Waals surface area (Å²) in [6, 6.07) is 12.3. The number of phenols is 1. The van der Waals surface area contributed by atoms with Gasteiger partial charge in [0, 0.05) is 37.0 Å². The Morgan fingerprint density at radius 3 is 2.80 bits per heavy atom. The number of rotatable bonds is 9. The van der Waals surface area contributed by atoms with E-state index in [1.165, 1.54) is 6.07 Å². The van der Waals surface area contributed by atoms with Crippen LogP contribution in [0.25, 0.3) is 32.8 Å². The van der Waals surface area contributed by atoms with Crippen molar-refractivity contribution < 1.29 is 19.0 Å². The first kappa shape index (κ1) is 27.9. The molecule has 0 spiro atoms. The lowest BCUT2D eigenvalue weighted by molar-refractivity contribution is -0.118. The summed E-state index contributed by atoms with van der Waals surface area (Å²) in [5, 5.41) is 12.6. The molecule has 4 aromatic rings. The number of benzene rings is 3. The van der Waals surface area contributed by atoms with Crippen molar-refractivity contribution in [2.45, 2.75) is 25.7 Å². The van der Waals surface area contributed by atoms with Crippen LogP contribution in [0, 0.1) is 11.7 Å². The van der Waals surface area contributed by atoms with Gasteiger partial charge >= 0.3 is 6.01 Å². The number of anilines is 1. The number of nitrogens with zero attached hydrogens (tertiary/aromatic N) is 4. The molecule has 3 aromatic carbocycles. The van der Waals surface area contributed by atoms with Crippen molar-refractivity contribution in [2.75, 3.05) is 45.2 Å². The summed E-state index contributed by atoms with van der Waals surface area (Å²) >= 11 is 6.78. The summed E-state index contributed by atoms with van der Waals surface area (Å²) in [5.41, 5.74) is 6.18. The molecule has 1 saturated heterocycles. The molecule has 8 nitrogen and oxygen atoms in total. The molecule has 1 aliphatic rings. The maximum Gasteiger partial charge on any atom is 0.319 e. The van der Waals surface area contributed by atoms with Crippen LogP contribution in [0.3, 0.4) is 0 Å². The highest BCUT2D eigenvalue weighted by Crippen LogP contribution is 2.42. The molecule has 1 atom stereocenters. The number of primary amides is 1. The summed E-state index contributed by atoms with van der Waals surface area (Å²) in [6.45, 7) is 2.42. The van der Waals surface area contributed by atoms with Gasteiger partial charge in [-0.25, -0.2) is 4.39 Å². The topological polar surface area (TPSA) is 105 Å². The second-order valence-corrected chi connectivity index (χ2v) is 11.0. The van der Waals surface area contributed by atoms with E-state index in [0.29, 0.717) is 36.5 Å². The van der Waals surface area contributed by atoms with Gasteiger partial charge in [0.1, 0.15) is 17.1 Å². The third-order valence-electron chi connectivity index (χ3n) is 7.25. The van der Waals surface area contributed by atoms with Crippen molar-refractivity contribution >= 4 is 45.0 Å². The van der Waals surface area contributed by atoms with E-state index in [0.717, 1.165) is 36.6 Å². The molecule has 1 unspecified atom stereocenters. The predicted molar refractivity (Wildman–Crippen MR) is 157 cm³/mol. The van der Waals surface area contributed by atoms with E-state index in [-0.39, 0.29) is 46.1 Å². The Balaban J connectivity index is 1.65. The molecule has 0 aliphatic carbocycles. The Kier molecular flexibility index (Phi) is 8.23. The fourth-order valence-electron chi connectivity index (χ4n) is 5.47. The zero-order valence-electron chi connectivity index (χ0n) is 22.7. The standard InChI is InChI=1S/C30H33ClFN5O3/c1-36(2)10-6-12-40-30-34-28-23(29(35-30)37-11-5-7-18(17-37)13-25(33)39)16-24(31)26(27(28)32)22-15-20(38)14-19-8-3-4-9-21(19)22/h3-4,8-9,14-16,18,38H,5-7,10-13,17H2,1-2H3,(H2,33,39). The summed E-state index contributed by atoms with van der Waals surface area (Å²) in [4.78, 5) is 24.9. The third-order valence-corrected chi connectivity index (χ3v) is 7.55. The number of hydrogen-bond acceptors (Lipinski definition) is 7. The van der Waals surface area contributed by atoms with Gasteiger partial charge in [-0.15, -0.1) is 0 Å². The van der Waals surface area contributed by atoms with Crippen molar-refractivity contribution in [3.63, 3.8) is 0 Å². The third kappa shape index (κ3) is 5.90. The second kappa shape index (κ2) is 11.8. The van der Waals surface area contributed by atoms with Gasteiger partial charge in [-0.3, -0.25) is 4.79 Å². The average Bonchev–Trinajstić information content (AvgIpc) is 2.90. The Morgan fingerprint density at radius 1 is 1.23 bits per heavy atom. The highest BCUT2D eigenvalue weighted by atomic mass is 35.5. The van der Waals surface area contributed by atoms with Crippen molar-refractivity contribution in [1.29, 1.82) is 0 Å². The molecule has 0 radical (unpaired) electrons. The molecule has 1 aromatic heterocycles. The molecule has 0 bridgehead atoms. The lowest BCUT2D eigenvalue weighted by Crippen LogP contribution is -2.37. The van der Waals surface area contributed by atoms with E-state index in [1.807, 2.05) is 43.3 Å². The number of hydrogen-bond donors (Lipinski definition) is 2. The van der Waals surface area contributed by atoms with Gasteiger partial charge in [0.25, 0.3) is 0 Å². The van der Waals surface area contributed by atoms with Gasteiger partial charge < -0.3 is 25.4 Å². The van der Waals surface area contributed by atoms with Crippen molar-refractivity contribution in [3.8, 4) is 22.9 Å². The van der Waals surface area contributed by atoms with E-state index < -0.39 is 5.82 Å². The van der Waals surface area contributed by atoms with Crippen molar-refractivity contribution in [2.24, 2.45) is 11.7 Å². The minimum absolute atomic E-state index is 0.00589. The first-order valence-corrected chi connectivity index (χ1v) is 13.8. The maximum absolute atomic E-state index is 16.5. The number of fused-ring (bicyclic) bond motifs is 2. The maximum atomic E-state index is 16.5. The largest absolute Gasteiger partial charge is 0.508 e. The minimum Gasteiger partial charge on any atom is -0.508 e. The van der Waals surface area contributed by atoms with Crippen LogP contribution in [0.15, 0.2) is 42.5 Å². The van der Waals surface area contributed by atoms with Crippen LogP contribution < -0.4 is 15.4 Å². The number of piperidine rings is 1. The number of nitrogens with two attached hydrogens (primary N) is 1. The number of amides is 1. The normalized spacial score (nSPS) is 15.7. The number of phenolic OH excluding ortho intramolecular Hbond substituents is 1. The molecule has 0 saturated carbocycles. The summed E-state index contributed by atoms with van der Waals surface area (Å²) in [6.07, 6.45) is 2.74. The second-order valence-electron chi connectivity index (χ2n) is 10.6. The van der Waals surface area contributed by atoms with Crippen LogP contribution in [0.2, 0.25) is 5.02 Å². The molecular weight excluding hydrogens is 533 g/mol. The number of carbonyl (C=O) groups excluding carboxylic acids is 1. The van der Waals surface area contributed by atoms with Crippen LogP contribution in [-0.2, 0) is 4.79 Å². The number of halogens is 2. The SMILES string of the molecule is CN(C)CCCOc1nc(N2CCCC(CC(N)=O)C2)c2cc(Cl)c(-c3cc(O)cc4ccccc34)c(F)c2n1. The molecule has 1 aliphatic heterocycles. The molecule has 10 heteroatoms. The number of ether oxygens (including phenoxy) is 1. The fraction of sp³-hybridized carbons (Fsp3) is 0.367. The summed E-state index contributed by atoms with van der Waals surface area (Å²) in [7, 11) is 3.96. The zero-order valence-corrected chi connectivity index (χ0v) is 23.4. The first-order valence-electron chi connectivity index (χ1n) is 13.4. The van der Waals surface area contributed by atoms with Crippen LogP contribution in [0.1, 0.15) is 25.7 Å². The van der Waals surface area contributed by atoms with Gasteiger partial charge in [0.05, 0.1) is 11.6 Å². The molecule has 1 amide bonds. The molecular formula is C30H33ClFN5O3. The van der Waals surface area contributed by atoms with Crippen molar-refractivity contribution in [3.05, 3.63) is 53.3 Å². The van der Waals surface area contributed by atoms with E-state index >= 15 is 4.39 Å². The number of aromatic hydroxyl groups is 1. The molecule has 2 heterocycles. The zero-order chi connectivity index (χ0) is 28.4. The van der Waals surface area contributed by atoms with Crippen LogP contribution in [0.4, 0.5) is 10.2 Å². The smallest absolute Gasteiger partial charge is 0.319 e. The molecule has 40 heavy (non-hydrogen) atoms. The van der Waals surface area contributed by atoms with Gasteiger partial charge in [0.15, 0.2) is 5.82 Å². The Bertz CT molecular complexity index is 1560. The average molecular weight is 566 g/mol. The van der Waals surface area contributed by atoms with Gasteiger partial charge in [-0.2, -0.15) is 9.97 Å². The lowest BCUT2D eigenvalue weighted by Gasteiger charge is -2.34. The van der Waals surface area contributed by atoms with E-state index in [9.17, 15) is 9.90 Å². The van der Waals surface area contributed by atoms with Crippen molar-refractivity contribution in [1.82, 2.24) is 14.9 Å². The predicted octanol–water partition coefficient (Wildman–Crippen LogP) is 5.37. The van der Waals surface area contributed by atoms with E-state index in [1.54, 1.807) is 12.1 Å². The first-order chi connectivity index (χ1) is 19.2. The summed E-state index contributed by atoms with van der Waals surface area (Å²) < 4.78 is 22.5. The van der Waals surface area contributed by atoms with Gasteiger partial charge in [-0.05, 0) is 73.8 Å². The van der Waals surface area contributed by atoms with Gasteiger partial charge in [-0.1, -0.05) is 35.9 Å². The quantitative estimate of drug-likeness (QED) is 0.263. The Hall–Kier alpha value is -3.69. The highest BCUT2D eigenvalue weighted by molar-refractivity contribution is 6.35. The molecule has 5 rings (SSSR count). The van der Waals surface area contributed by atoms with Crippen LogP contribution in [0.5, 0.6) is 11.8 Å². The monoisotopic (exact) mass is 565 g/mol. The number of aromatic nitrogens is 2. The highest BCUT2D eigenvalue weighted by Gasteiger charge is 2.27. The molecule has 210 valence electrons. The van der Waals surface area contributed by atoms with Gasteiger partial charge in [0.2, 0.25) is 5.91 Å². The lowest BCUT2D eigenvalue weighted by atomic mass is 9.94. The molecule has 1 fully saturated rings. The number of carbonyl (C=O) groups is 1. The summed E-state index contributed by atoms with van der Waals surface area (Å²) in [5.74, 6) is -0.382. The fourth-order valence-corrected chi connectivity index (χ4v) is 5.76. The molecule has 3 N–H and O–H groups in total.